The van der Waals surface area contributed by atoms with Gasteiger partial charge in [0, 0.05) is 50.9 Å². The molecule has 0 spiro atoms. The van der Waals surface area contributed by atoms with E-state index < -0.39 is 0 Å². The second kappa shape index (κ2) is 10.7. The van der Waals surface area contributed by atoms with E-state index in [1.54, 1.807) is 12.1 Å². The largest absolute Gasteiger partial charge is 0.370 e. The van der Waals surface area contributed by atoms with Gasteiger partial charge in [0.25, 0.3) is 0 Å². The molecule has 1 aliphatic heterocycles. The Labute approximate surface area is 177 Å². The summed E-state index contributed by atoms with van der Waals surface area (Å²) < 4.78 is 13.0. The predicted molar refractivity (Wildman–Crippen MR) is 117 cm³/mol. The van der Waals surface area contributed by atoms with E-state index in [0.717, 1.165) is 51.1 Å². The lowest BCUT2D eigenvalue weighted by Crippen LogP contribution is -2.51. The average molecular weight is 489 g/mol. The molecule has 1 heterocycles. The first-order valence-electron chi connectivity index (χ1n) is 9.46. The van der Waals surface area contributed by atoms with Crippen molar-refractivity contribution in [2.45, 2.75) is 25.7 Å². The number of benzene rings is 1. The van der Waals surface area contributed by atoms with Gasteiger partial charge in [-0.3, -0.25) is 9.79 Å². The molecule has 1 saturated heterocycles. The van der Waals surface area contributed by atoms with Crippen LogP contribution in [0.15, 0.2) is 29.3 Å². The second-order valence-corrected chi connectivity index (χ2v) is 6.96. The monoisotopic (exact) mass is 489 g/mol. The summed E-state index contributed by atoms with van der Waals surface area (Å²) in [5.74, 6) is 0.771. The summed E-state index contributed by atoms with van der Waals surface area (Å²) >= 11 is 0. The highest BCUT2D eigenvalue weighted by Gasteiger charge is 2.24. The molecular formula is C19H29FIN5O. The van der Waals surface area contributed by atoms with Gasteiger partial charge in [-0.25, -0.2) is 4.39 Å². The van der Waals surface area contributed by atoms with Gasteiger partial charge in [-0.2, -0.15) is 0 Å². The standard InChI is InChI=1S/C19H28FN5O.HI/c20-16-5-7-17(8-6-16)24-11-13-25(14-12-24)19(21)23-10-2-9-22-18(26)15-3-1-4-15;/h5-8,15H,1-4,9-14H2,(H2,21,23)(H,22,26);1H. The number of nitrogens with two attached hydrogens (primary N) is 1. The Balaban J connectivity index is 0.00000261. The number of halogens is 2. The molecule has 0 bridgehead atoms. The minimum Gasteiger partial charge on any atom is -0.370 e. The van der Waals surface area contributed by atoms with Crippen LogP contribution in [0.2, 0.25) is 0 Å². The summed E-state index contributed by atoms with van der Waals surface area (Å²) in [6, 6.07) is 6.59. The lowest BCUT2D eigenvalue weighted by molar-refractivity contribution is -0.127. The molecule has 0 unspecified atom stereocenters. The maximum absolute atomic E-state index is 13.0. The van der Waals surface area contributed by atoms with Gasteiger partial charge in [-0.05, 0) is 43.5 Å². The molecule has 150 valence electrons. The minimum atomic E-state index is -0.215. The smallest absolute Gasteiger partial charge is 0.223 e. The number of amides is 1. The molecule has 0 atom stereocenters. The molecule has 6 nitrogen and oxygen atoms in total. The summed E-state index contributed by atoms with van der Waals surface area (Å²) in [5.41, 5.74) is 7.13. The number of carbonyl (C=O) groups is 1. The number of guanidine groups is 1. The zero-order chi connectivity index (χ0) is 18.4. The fourth-order valence-electron chi connectivity index (χ4n) is 3.24. The van der Waals surface area contributed by atoms with Crippen LogP contribution in [0.4, 0.5) is 10.1 Å². The van der Waals surface area contributed by atoms with E-state index >= 15 is 0 Å². The minimum absolute atomic E-state index is 0. The first-order chi connectivity index (χ1) is 12.6. The zero-order valence-electron chi connectivity index (χ0n) is 15.6. The van der Waals surface area contributed by atoms with E-state index in [2.05, 4.69) is 20.1 Å². The van der Waals surface area contributed by atoms with Crippen molar-refractivity contribution in [1.29, 1.82) is 0 Å². The second-order valence-electron chi connectivity index (χ2n) is 6.96. The molecule has 1 amide bonds. The highest BCUT2D eigenvalue weighted by molar-refractivity contribution is 14.0. The summed E-state index contributed by atoms with van der Waals surface area (Å²) in [4.78, 5) is 20.5. The van der Waals surface area contributed by atoms with Crippen LogP contribution in [-0.2, 0) is 4.79 Å². The van der Waals surface area contributed by atoms with Crippen LogP contribution in [0.25, 0.3) is 0 Å². The van der Waals surface area contributed by atoms with Crippen LogP contribution in [0.5, 0.6) is 0 Å². The number of piperazine rings is 1. The summed E-state index contributed by atoms with van der Waals surface area (Å²) in [7, 11) is 0. The van der Waals surface area contributed by atoms with Crippen molar-refractivity contribution in [2.75, 3.05) is 44.2 Å². The maximum atomic E-state index is 13.0. The lowest BCUT2D eigenvalue weighted by Gasteiger charge is -2.36. The van der Waals surface area contributed by atoms with Gasteiger partial charge >= 0.3 is 0 Å². The average Bonchev–Trinajstić information content (AvgIpc) is 2.60. The number of aliphatic imine (C=N–C) groups is 1. The van der Waals surface area contributed by atoms with Crippen LogP contribution in [0, 0.1) is 11.7 Å². The molecule has 27 heavy (non-hydrogen) atoms. The molecule has 3 rings (SSSR count). The molecule has 2 aliphatic rings. The molecule has 1 aromatic rings. The number of rotatable bonds is 6. The third-order valence-corrected chi connectivity index (χ3v) is 5.18. The van der Waals surface area contributed by atoms with Gasteiger partial charge in [-0.1, -0.05) is 6.42 Å². The van der Waals surface area contributed by atoms with Crippen LogP contribution in [0.3, 0.4) is 0 Å². The SMILES string of the molecule is I.NC(=NCCCNC(=O)C1CCC1)N1CCN(c2ccc(F)cc2)CC1. The molecule has 8 heteroatoms. The van der Waals surface area contributed by atoms with E-state index in [1.807, 2.05) is 0 Å². The molecule has 0 aromatic heterocycles. The van der Waals surface area contributed by atoms with Crippen molar-refractivity contribution in [3.63, 3.8) is 0 Å². The predicted octanol–water partition coefficient (Wildman–Crippen LogP) is 2.19. The van der Waals surface area contributed by atoms with Crippen molar-refractivity contribution in [2.24, 2.45) is 16.6 Å². The molecule has 0 radical (unpaired) electrons. The number of nitrogens with one attached hydrogen (secondary N) is 1. The van der Waals surface area contributed by atoms with Gasteiger partial charge in [-0.15, -0.1) is 24.0 Å². The van der Waals surface area contributed by atoms with E-state index in [0.29, 0.717) is 19.0 Å². The van der Waals surface area contributed by atoms with E-state index in [4.69, 9.17) is 5.73 Å². The molecule has 2 fully saturated rings. The van der Waals surface area contributed by atoms with Crippen molar-refractivity contribution >= 4 is 41.5 Å². The van der Waals surface area contributed by atoms with Crippen LogP contribution in [0.1, 0.15) is 25.7 Å². The third kappa shape index (κ3) is 6.22. The Morgan fingerprint density at radius 2 is 1.85 bits per heavy atom. The first-order valence-corrected chi connectivity index (χ1v) is 9.46. The van der Waals surface area contributed by atoms with Gasteiger partial charge in [0.1, 0.15) is 5.82 Å². The number of carbonyl (C=O) groups excluding carboxylic acids is 1. The summed E-state index contributed by atoms with van der Waals surface area (Å²) in [5, 5.41) is 2.97. The third-order valence-electron chi connectivity index (χ3n) is 5.18. The van der Waals surface area contributed by atoms with Crippen LogP contribution in [-0.4, -0.2) is 56.0 Å². The number of hydrogen-bond acceptors (Lipinski definition) is 3. The number of hydrogen-bond donors (Lipinski definition) is 2. The zero-order valence-corrected chi connectivity index (χ0v) is 17.9. The fraction of sp³-hybridized carbons (Fsp3) is 0.579. The molecule has 1 aliphatic carbocycles. The number of nitrogens with zero attached hydrogens (tertiary/aromatic N) is 3. The van der Waals surface area contributed by atoms with Crippen LogP contribution >= 0.6 is 24.0 Å². The molecular weight excluding hydrogens is 460 g/mol. The Morgan fingerprint density at radius 3 is 2.44 bits per heavy atom. The Hall–Kier alpha value is -1.58. The Kier molecular flexibility index (Phi) is 8.59. The fourth-order valence-corrected chi connectivity index (χ4v) is 3.24. The lowest BCUT2D eigenvalue weighted by atomic mass is 9.85. The van der Waals surface area contributed by atoms with Crippen molar-refractivity contribution in [3.05, 3.63) is 30.1 Å². The van der Waals surface area contributed by atoms with Gasteiger partial charge in [0.2, 0.25) is 5.91 Å². The van der Waals surface area contributed by atoms with Crippen molar-refractivity contribution < 1.29 is 9.18 Å². The van der Waals surface area contributed by atoms with Gasteiger partial charge in [0.15, 0.2) is 5.96 Å². The number of anilines is 1. The normalized spacial score (nSPS) is 17.9. The molecule has 1 saturated carbocycles. The topological polar surface area (TPSA) is 74.0 Å². The molecule has 1 aromatic carbocycles. The van der Waals surface area contributed by atoms with Crippen LogP contribution < -0.4 is 16.0 Å². The van der Waals surface area contributed by atoms with E-state index in [1.165, 1.54) is 18.6 Å². The maximum Gasteiger partial charge on any atom is 0.223 e. The highest BCUT2D eigenvalue weighted by atomic mass is 127. The Morgan fingerprint density at radius 1 is 1.19 bits per heavy atom. The van der Waals surface area contributed by atoms with E-state index in [-0.39, 0.29) is 41.6 Å². The van der Waals surface area contributed by atoms with Gasteiger partial charge < -0.3 is 20.9 Å². The Bertz CT molecular complexity index is 627. The van der Waals surface area contributed by atoms with Crippen molar-refractivity contribution in [1.82, 2.24) is 10.2 Å². The molecule has 3 N–H and O–H groups in total. The summed E-state index contributed by atoms with van der Waals surface area (Å²) in [6.07, 6.45) is 4.03. The summed E-state index contributed by atoms with van der Waals surface area (Å²) in [6.45, 7) is 4.54. The van der Waals surface area contributed by atoms with Gasteiger partial charge in [0.05, 0.1) is 0 Å². The van der Waals surface area contributed by atoms with Crippen molar-refractivity contribution in [3.8, 4) is 0 Å². The first kappa shape index (κ1) is 21.7. The van der Waals surface area contributed by atoms with E-state index in [9.17, 15) is 9.18 Å². The quantitative estimate of drug-likeness (QED) is 0.278. The highest BCUT2D eigenvalue weighted by Crippen LogP contribution is 2.26.